The lowest BCUT2D eigenvalue weighted by Crippen LogP contribution is -2.18. The molecule has 1 amide bonds. The van der Waals surface area contributed by atoms with Gasteiger partial charge in [0.2, 0.25) is 6.41 Å². The predicted octanol–water partition coefficient (Wildman–Crippen LogP) is 4.48. The maximum atomic E-state index is 15.2. The van der Waals surface area contributed by atoms with Gasteiger partial charge in [-0.15, -0.1) is 0 Å². The Labute approximate surface area is 229 Å². The second-order valence-corrected chi connectivity index (χ2v) is 9.82. The average Bonchev–Trinajstić information content (AvgIpc) is 3.42. The molecular weight excluding hydrogens is 553 g/mol. The van der Waals surface area contributed by atoms with E-state index in [4.69, 9.17) is 21.1 Å². The molecule has 0 radical (unpaired) electrons. The van der Waals surface area contributed by atoms with Gasteiger partial charge in [0.15, 0.2) is 5.82 Å². The van der Waals surface area contributed by atoms with E-state index >= 15 is 4.39 Å². The Hall–Kier alpha value is -4.20. The number of carbonyl (C=O) groups excluding carboxylic acids is 1. The predicted molar refractivity (Wildman–Crippen MR) is 145 cm³/mol. The van der Waals surface area contributed by atoms with Crippen LogP contribution < -0.4 is 24.4 Å². The molecule has 0 aliphatic carbocycles. The van der Waals surface area contributed by atoms with Crippen LogP contribution in [0.1, 0.15) is 0 Å². The molecule has 14 heteroatoms. The summed E-state index contributed by atoms with van der Waals surface area (Å²) in [4.78, 5) is 16.9. The quantitative estimate of drug-likeness (QED) is 0.276. The van der Waals surface area contributed by atoms with Crippen LogP contribution in [0, 0.1) is 5.82 Å². The van der Waals surface area contributed by atoms with Crippen LogP contribution in [0.2, 0.25) is 5.02 Å². The van der Waals surface area contributed by atoms with Gasteiger partial charge in [-0.25, -0.2) is 17.8 Å². The molecular formula is C25H25ClFN5O6S. The van der Waals surface area contributed by atoms with Crippen molar-refractivity contribution in [3.8, 4) is 22.6 Å². The summed E-state index contributed by atoms with van der Waals surface area (Å²) in [6, 6.07) is 11.1. The highest BCUT2D eigenvalue weighted by atomic mass is 35.5. The molecule has 4 rings (SSSR count). The highest BCUT2D eigenvalue weighted by molar-refractivity contribution is 7.92. The molecule has 0 aliphatic heterocycles. The summed E-state index contributed by atoms with van der Waals surface area (Å²) in [5, 5.41) is 6.59. The molecule has 0 fully saturated rings. The summed E-state index contributed by atoms with van der Waals surface area (Å²) in [5.41, 5.74) is 0.647. The minimum atomic E-state index is -4.01. The van der Waals surface area contributed by atoms with Gasteiger partial charge >= 0.3 is 0 Å². The van der Waals surface area contributed by atoms with Crippen LogP contribution in [0.3, 0.4) is 0 Å². The summed E-state index contributed by atoms with van der Waals surface area (Å²) in [6.45, 7) is 0. The molecule has 0 atom stereocenters. The lowest BCUT2D eigenvalue weighted by molar-refractivity contribution is -0.106. The number of amides is 1. The topological polar surface area (TPSA) is 136 Å². The van der Waals surface area contributed by atoms with Gasteiger partial charge in [-0.05, 0) is 56.1 Å². The normalized spacial score (nSPS) is 10.7. The van der Waals surface area contributed by atoms with Crippen molar-refractivity contribution >= 4 is 45.4 Å². The number of carbonyl (C=O) groups is 1. The van der Waals surface area contributed by atoms with E-state index in [-0.39, 0.29) is 33.5 Å². The Bertz CT molecular complexity index is 1520. The third-order valence-corrected chi connectivity index (χ3v) is 6.56. The Morgan fingerprint density at radius 2 is 1.82 bits per heavy atom. The van der Waals surface area contributed by atoms with Crippen molar-refractivity contribution in [1.82, 2.24) is 15.5 Å². The SMILES string of the molecule is CNC.COc1cc(Cl)cc(-c2cc(OC)c(N(C=O)c3ccc(S(=O)(=O)Nc4ccon4)cn3)cc2F)c1. The van der Waals surface area contributed by atoms with Gasteiger partial charge in [0.05, 0.1) is 19.9 Å². The second-order valence-electron chi connectivity index (χ2n) is 7.70. The summed E-state index contributed by atoms with van der Waals surface area (Å²) >= 11 is 6.12. The Balaban J connectivity index is 0.00000134. The van der Waals surface area contributed by atoms with E-state index in [1.165, 1.54) is 44.7 Å². The van der Waals surface area contributed by atoms with Crippen LogP contribution in [-0.2, 0) is 14.8 Å². The van der Waals surface area contributed by atoms with E-state index in [2.05, 4.69) is 24.7 Å². The van der Waals surface area contributed by atoms with E-state index in [1.807, 2.05) is 14.1 Å². The van der Waals surface area contributed by atoms with Crippen molar-refractivity contribution in [2.24, 2.45) is 0 Å². The number of hydrogen-bond donors (Lipinski definition) is 2. The fraction of sp³-hybridized carbons (Fsp3) is 0.160. The fourth-order valence-electron chi connectivity index (χ4n) is 3.32. The first-order valence-electron chi connectivity index (χ1n) is 11.1. The van der Waals surface area contributed by atoms with E-state index in [1.54, 1.807) is 18.2 Å². The number of sulfonamides is 1. The van der Waals surface area contributed by atoms with Crippen LogP contribution in [0.5, 0.6) is 11.5 Å². The molecule has 0 saturated heterocycles. The van der Waals surface area contributed by atoms with Gasteiger partial charge in [-0.1, -0.05) is 16.8 Å². The molecule has 2 heterocycles. The van der Waals surface area contributed by atoms with Crippen molar-refractivity contribution in [3.63, 3.8) is 0 Å². The standard InChI is InChI=1S/C23H18ClFN4O6S.C2H7N/c1-33-16-8-14(7-15(24)9-16)18-10-21(34-2)20(11-19(18)25)29(13-30)23-4-3-17(12-26-23)36(31,32)28-22-5-6-35-27-22;1-3-2/h3-13H,1-2H3,(H,27,28);3H,1-2H3. The third-order valence-electron chi connectivity index (χ3n) is 5.01. The van der Waals surface area contributed by atoms with E-state index in [0.29, 0.717) is 22.7 Å². The van der Waals surface area contributed by atoms with Gasteiger partial charge < -0.3 is 19.3 Å². The number of benzene rings is 2. The highest BCUT2D eigenvalue weighted by Crippen LogP contribution is 2.39. The number of anilines is 3. The number of halogens is 2. The molecule has 2 N–H and O–H groups in total. The number of nitrogens with zero attached hydrogens (tertiary/aromatic N) is 3. The number of nitrogens with one attached hydrogen (secondary N) is 2. The maximum absolute atomic E-state index is 15.2. The number of methoxy groups -OCH3 is 2. The number of pyridine rings is 1. The summed E-state index contributed by atoms with van der Waals surface area (Å²) in [5.74, 6) is -0.0557. The first-order valence-corrected chi connectivity index (χ1v) is 13.0. The zero-order chi connectivity index (χ0) is 28.6. The fourth-order valence-corrected chi connectivity index (χ4v) is 4.48. The van der Waals surface area contributed by atoms with Gasteiger partial charge in [-0.2, -0.15) is 0 Å². The molecule has 206 valence electrons. The number of ether oxygens (including phenoxy) is 2. The van der Waals surface area contributed by atoms with Gasteiger partial charge in [0.1, 0.15) is 34.3 Å². The van der Waals surface area contributed by atoms with E-state index in [9.17, 15) is 13.2 Å². The van der Waals surface area contributed by atoms with Crippen molar-refractivity contribution in [2.75, 3.05) is 37.9 Å². The lowest BCUT2D eigenvalue weighted by atomic mass is 10.0. The molecule has 39 heavy (non-hydrogen) atoms. The summed E-state index contributed by atoms with van der Waals surface area (Å²) < 4.78 is 57.7. The van der Waals surface area contributed by atoms with Crippen molar-refractivity contribution in [3.05, 3.63) is 71.8 Å². The van der Waals surface area contributed by atoms with Crippen LogP contribution in [-0.4, -0.2) is 53.3 Å². The second kappa shape index (κ2) is 13.0. The Morgan fingerprint density at radius 3 is 2.38 bits per heavy atom. The smallest absolute Gasteiger partial charge is 0.264 e. The Morgan fingerprint density at radius 1 is 1.08 bits per heavy atom. The zero-order valence-electron chi connectivity index (χ0n) is 21.3. The molecule has 0 spiro atoms. The monoisotopic (exact) mass is 577 g/mol. The highest BCUT2D eigenvalue weighted by Gasteiger charge is 2.22. The van der Waals surface area contributed by atoms with Gasteiger partial charge in [-0.3, -0.25) is 14.4 Å². The van der Waals surface area contributed by atoms with Crippen LogP contribution >= 0.6 is 11.6 Å². The Kier molecular flexibility index (Phi) is 9.82. The number of rotatable bonds is 9. The van der Waals surface area contributed by atoms with Crippen LogP contribution in [0.25, 0.3) is 11.1 Å². The minimum absolute atomic E-state index is 0.00813. The first kappa shape index (κ1) is 29.4. The molecule has 0 saturated carbocycles. The number of hydrogen-bond acceptors (Lipinski definition) is 9. The van der Waals surface area contributed by atoms with E-state index in [0.717, 1.165) is 17.2 Å². The molecule has 11 nitrogen and oxygen atoms in total. The molecule has 0 aliphatic rings. The first-order chi connectivity index (χ1) is 18.7. The maximum Gasteiger partial charge on any atom is 0.264 e. The largest absolute Gasteiger partial charge is 0.497 e. The minimum Gasteiger partial charge on any atom is -0.497 e. The van der Waals surface area contributed by atoms with Crippen molar-refractivity contribution in [2.45, 2.75) is 4.90 Å². The van der Waals surface area contributed by atoms with Crippen molar-refractivity contribution < 1.29 is 31.6 Å². The molecule has 2 aromatic heterocycles. The van der Waals surface area contributed by atoms with Crippen molar-refractivity contribution in [1.29, 1.82) is 0 Å². The van der Waals surface area contributed by atoms with E-state index < -0.39 is 15.8 Å². The molecule has 0 unspecified atom stereocenters. The molecule has 4 aromatic rings. The van der Waals surface area contributed by atoms with Crippen LogP contribution in [0.15, 0.2) is 70.4 Å². The summed E-state index contributed by atoms with van der Waals surface area (Å²) in [6.07, 6.45) is 2.66. The third kappa shape index (κ3) is 7.02. The van der Waals surface area contributed by atoms with Crippen LogP contribution in [0.4, 0.5) is 21.7 Å². The molecule has 0 bridgehead atoms. The zero-order valence-corrected chi connectivity index (χ0v) is 22.9. The van der Waals surface area contributed by atoms with Gasteiger partial charge in [0, 0.05) is 28.9 Å². The summed E-state index contributed by atoms with van der Waals surface area (Å²) in [7, 11) is 2.57. The lowest BCUT2D eigenvalue weighted by Gasteiger charge is -2.21. The molecule has 2 aromatic carbocycles. The average molecular weight is 578 g/mol. The number of aromatic nitrogens is 2. The van der Waals surface area contributed by atoms with Gasteiger partial charge in [0.25, 0.3) is 10.0 Å².